The average Bonchev–Trinajstić information content (AvgIpc) is 2.27. The maximum absolute atomic E-state index is 10.7. The van der Waals surface area contributed by atoms with Crippen molar-refractivity contribution >= 4 is 18.0 Å². The maximum Gasteiger partial charge on any atom is 0.354 e. The van der Waals surface area contributed by atoms with Gasteiger partial charge in [0.15, 0.2) is 6.04 Å². The number of aromatic carboxylic acids is 1. The third kappa shape index (κ3) is 1.77. The quantitative estimate of drug-likeness (QED) is 0.668. The monoisotopic (exact) mass is 220 g/mol. The number of fused-ring (bicyclic) bond motifs is 1. The minimum atomic E-state index is -1.16. The second-order valence-electron chi connectivity index (χ2n) is 3.36. The van der Waals surface area contributed by atoms with Crippen LogP contribution in [0.5, 0.6) is 0 Å². The van der Waals surface area contributed by atoms with Crippen molar-refractivity contribution in [3.8, 4) is 0 Å². The van der Waals surface area contributed by atoms with Gasteiger partial charge in [-0.3, -0.25) is 4.99 Å². The lowest BCUT2D eigenvalue weighted by Crippen LogP contribution is -2.35. The molecule has 0 saturated carbocycles. The van der Waals surface area contributed by atoms with E-state index >= 15 is 0 Å². The molecular formula is C10H8N2O4. The summed E-state index contributed by atoms with van der Waals surface area (Å²) in [6.45, 7) is 0. The van der Waals surface area contributed by atoms with Gasteiger partial charge in [-0.1, -0.05) is 6.08 Å². The predicted octanol–water partition coefficient (Wildman–Crippen LogP) is -0.963. The summed E-state index contributed by atoms with van der Waals surface area (Å²) in [4.78, 5) is 29.1. The Morgan fingerprint density at radius 3 is 2.75 bits per heavy atom. The molecular weight excluding hydrogens is 212 g/mol. The van der Waals surface area contributed by atoms with Gasteiger partial charge >= 0.3 is 11.9 Å². The molecule has 2 heterocycles. The van der Waals surface area contributed by atoms with Crippen LogP contribution in [-0.2, 0) is 4.79 Å². The molecule has 1 aromatic rings. The average molecular weight is 220 g/mol. The van der Waals surface area contributed by atoms with E-state index in [1.807, 2.05) is 0 Å². The van der Waals surface area contributed by atoms with Crippen molar-refractivity contribution in [3.63, 3.8) is 0 Å². The number of hydrogen-bond acceptors (Lipinski definition) is 4. The Morgan fingerprint density at radius 1 is 1.38 bits per heavy atom. The molecule has 0 amide bonds. The van der Waals surface area contributed by atoms with E-state index in [0.29, 0.717) is 17.0 Å². The zero-order valence-corrected chi connectivity index (χ0v) is 8.12. The number of hydrogen-bond donors (Lipinski definition) is 2. The Morgan fingerprint density at radius 2 is 2.12 bits per heavy atom. The molecule has 82 valence electrons. The second kappa shape index (κ2) is 3.73. The molecule has 2 N–H and O–H groups in total. The third-order valence-corrected chi connectivity index (χ3v) is 2.27. The van der Waals surface area contributed by atoms with Gasteiger partial charge in [0.25, 0.3) is 0 Å². The molecule has 0 aromatic carbocycles. The highest BCUT2D eigenvalue weighted by Gasteiger charge is 2.17. The summed E-state index contributed by atoms with van der Waals surface area (Å²) >= 11 is 0. The lowest BCUT2D eigenvalue weighted by Gasteiger charge is -2.08. The van der Waals surface area contributed by atoms with Crippen LogP contribution in [0.4, 0.5) is 0 Å². The van der Waals surface area contributed by atoms with Gasteiger partial charge in [0.05, 0.1) is 5.36 Å². The third-order valence-electron chi connectivity index (χ3n) is 2.27. The van der Waals surface area contributed by atoms with Crippen molar-refractivity contribution in [1.29, 1.82) is 0 Å². The highest BCUT2D eigenvalue weighted by molar-refractivity contribution is 5.85. The first-order chi connectivity index (χ1) is 7.58. The molecule has 0 fully saturated rings. The molecule has 2 rings (SSSR count). The van der Waals surface area contributed by atoms with Crippen LogP contribution >= 0.6 is 0 Å². The van der Waals surface area contributed by atoms with Gasteiger partial charge in [0.1, 0.15) is 5.69 Å². The van der Waals surface area contributed by atoms with E-state index in [2.05, 4.69) is 9.98 Å². The van der Waals surface area contributed by atoms with Crippen molar-refractivity contribution in [2.24, 2.45) is 4.99 Å². The Kier molecular flexibility index (Phi) is 2.40. The van der Waals surface area contributed by atoms with Crippen LogP contribution in [0.1, 0.15) is 16.9 Å². The smallest absolute Gasteiger partial charge is 0.354 e. The topological polar surface area (TPSA) is 99.8 Å². The fraction of sp³-hybridized carbons (Fsp3) is 0.200. The molecule has 0 spiro atoms. The molecule has 0 bridgehead atoms. The van der Waals surface area contributed by atoms with Crippen molar-refractivity contribution in [2.45, 2.75) is 12.5 Å². The van der Waals surface area contributed by atoms with E-state index < -0.39 is 18.0 Å². The maximum atomic E-state index is 10.7. The Hall–Kier alpha value is -2.24. The minimum absolute atomic E-state index is 0.137. The van der Waals surface area contributed by atoms with Crippen LogP contribution in [0.15, 0.2) is 17.3 Å². The van der Waals surface area contributed by atoms with E-state index in [0.717, 1.165) is 0 Å². The largest absolute Gasteiger partial charge is 0.480 e. The number of carboxylic acid groups (broad SMARTS) is 2. The first-order valence-electron chi connectivity index (χ1n) is 4.58. The first kappa shape index (κ1) is 10.3. The highest BCUT2D eigenvalue weighted by Crippen LogP contribution is 2.01. The van der Waals surface area contributed by atoms with E-state index in [1.54, 1.807) is 6.08 Å². The van der Waals surface area contributed by atoms with Gasteiger partial charge in [0, 0.05) is 11.4 Å². The summed E-state index contributed by atoms with van der Waals surface area (Å²) in [5.74, 6) is -2.17. The van der Waals surface area contributed by atoms with Gasteiger partial charge in [-0.2, -0.15) is 0 Å². The van der Waals surface area contributed by atoms with Gasteiger partial charge in [0.2, 0.25) is 0 Å². The SMILES string of the molecule is O=C(O)c1cc2c(cn1)=CCC(C(=O)O)N=2. The van der Waals surface area contributed by atoms with Crippen LogP contribution in [-0.4, -0.2) is 33.2 Å². The summed E-state index contributed by atoms with van der Waals surface area (Å²) in [6.07, 6.45) is 3.39. The van der Waals surface area contributed by atoms with E-state index in [4.69, 9.17) is 10.2 Å². The van der Waals surface area contributed by atoms with E-state index in [1.165, 1.54) is 12.3 Å². The molecule has 1 aliphatic heterocycles. The lowest BCUT2D eigenvalue weighted by atomic mass is 10.1. The van der Waals surface area contributed by atoms with Crippen LogP contribution in [0.25, 0.3) is 6.08 Å². The van der Waals surface area contributed by atoms with Gasteiger partial charge in [-0.05, 0) is 12.5 Å². The molecule has 6 heteroatoms. The molecule has 1 aliphatic rings. The summed E-state index contributed by atoms with van der Waals surface area (Å²) in [6, 6.07) is 0.444. The Labute approximate surface area is 89.6 Å². The number of carbonyl (C=O) groups is 2. The number of nitrogens with zero attached hydrogens (tertiary/aromatic N) is 2. The van der Waals surface area contributed by atoms with Gasteiger partial charge in [-0.15, -0.1) is 0 Å². The van der Waals surface area contributed by atoms with Crippen LogP contribution in [0.2, 0.25) is 0 Å². The number of rotatable bonds is 2. The second-order valence-corrected chi connectivity index (χ2v) is 3.36. The number of pyridine rings is 1. The molecule has 0 saturated heterocycles. The van der Waals surface area contributed by atoms with Crippen LogP contribution in [0, 0.1) is 0 Å². The zero-order chi connectivity index (χ0) is 11.7. The normalized spacial score (nSPS) is 17.9. The van der Waals surface area contributed by atoms with Crippen molar-refractivity contribution in [1.82, 2.24) is 4.98 Å². The first-order valence-corrected chi connectivity index (χ1v) is 4.58. The lowest BCUT2D eigenvalue weighted by molar-refractivity contribution is -0.138. The van der Waals surface area contributed by atoms with Crippen molar-refractivity contribution in [3.05, 3.63) is 28.5 Å². The molecule has 1 atom stereocenters. The van der Waals surface area contributed by atoms with Crippen LogP contribution in [0.3, 0.4) is 0 Å². The highest BCUT2D eigenvalue weighted by atomic mass is 16.4. The summed E-state index contributed by atoms with van der Waals surface area (Å²) in [7, 11) is 0. The molecule has 1 unspecified atom stereocenters. The van der Waals surface area contributed by atoms with Crippen molar-refractivity contribution < 1.29 is 19.8 Å². The number of carboxylic acids is 2. The zero-order valence-electron chi connectivity index (χ0n) is 8.12. The van der Waals surface area contributed by atoms with Crippen molar-refractivity contribution in [2.75, 3.05) is 0 Å². The molecule has 16 heavy (non-hydrogen) atoms. The number of aromatic nitrogens is 1. The minimum Gasteiger partial charge on any atom is -0.480 e. The predicted molar refractivity (Wildman–Crippen MR) is 52.5 cm³/mol. The van der Waals surface area contributed by atoms with Gasteiger partial charge in [-0.25, -0.2) is 14.6 Å². The summed E-state index contributed by atoms with van der Waals surface area (Å²) in [5.41, 5.74) is -0.137. The molecule has 0 aliphatic carbocycles. The fourth-order valence-corrected chi connectivity index (χ4v) is 1.46. The molecule has 0 radical (unpaired) electrons. The fourth-order valence-electron chi connectivity index (χ4n) is 1.46. The molecule has 1 aromatic heterocycles. The Bertz CT molecular complexity index is 579. The number of aliphatic carboxylic acids is 1. The summed E-state index contributed by atoms with van der Waals surface area (Å²) < 4.78 is 0. The molecule has 6 nitrogen and oxygen atoms in total. The van der Waals surface area contributed by atoms with E-state index in [-0.39, 0.29) is 5.69 Å². The van der Waals surface area contributed by atoms with Crippen LogP contribution < -0.4 is 10.6 Å². The standard InChI is InChI=1S/C10H8N2O4/c13-9(14)6-2-1-5-4-11-8(10(15)16)3-7(5)12-6/h1,3-4,6H,2H2,(H,13,14)(H,15,16). The Balaban J connectivity index is 2.57. The summed E-state index contributed by atoms with van der Waals surface area (Å²) in [5, 5.41) is 18.6. The van der Waals surface area contributed by atoms with E-state index in [9.17, 15) is 9.59 Å². The van der Waals surface area contributed by atoms with Gasteiger partial charge < -0.3 is 10.2 Å².